The van der Waals surface area contributed by atoms with Crippen LogP contribution < -0.4 is 48.0 Å². The maximum absolute atomic E-state index is 2.44. The average molecular weight is 950 g/mol. The molecule has 3 N–H and O–H groups in total. The van der Waals surface area contributed by atoms with Gasteiger partial charge in [0.2, 0.25) is 0 Å². The molecule has 4 saturated heterocycles. The number of nitrogens with zero attached hydrogens (tertiary/aromatic N) is 4. The molecule has 0 unspecified atom stereocenters. The molecule has 0 bridgehead atoms. The second-order valence-electron chi connectivity index (χ2n) is 18.6. The average Bonchev–Trinajstić information content (AvgIpc) is 3.96. The first-order valence-electron chi connectivity index (χ1n) is 21.7. The molecule has 308 valence electrons. The molecule has 6 fully saturated rings. The van der Waals surface area contributed by atoms with Gasteiger partial charge in [0.05, 0.1) is 105 Å². The Morgan fingerprint density at radius 1 is 0.314 bits per heavy atom. The zero-order valence-corrected chi connectivity index (χ0v) is 38.7. The van der Waals surface area contributed by atoms with Gasteiger partial charge in [-0.05, 0) is 64.2 Å². The summed E-state index contributed by atoms with van der Waals surface area (Å²) in [7, 11) is 0. The Labute approximate surface area is 351 Å². The van der Waals surface area contributed by atoms with Crippen molar-refractivity contribution in [2.24, 2.45) is 10.8 Å². The quantitative estimate of drug-likeness (QED) is 0.176. The lowest BCUT2D eigenvalue weighted by Crippen LogP contribution is -3.00. The first-order valence-corrected chi connectivity index (χ1v) is 21.7. The highest BCUT2D eigenvalue weighted by Gasteiger charge is 2.43. The van der Waals surface area contributed by atoms with Crippen LogP contribution in [0.15, 0.2) is 0 Å². The smallest absolute Gasteiger partial charge is 0.0791 e. The van der Waals surface area contributed by atoms with Crippen LogP contribution in [0.5, 0.6) is 0 Å². The number of hydrogen-bond donors (Lipinski definition) is 0. The zero-order valence-electron chi connectivity index (χ0n) is 34.3. The van der Waals surface area contributed by atoms with Gasteiger partial charge in [-0.15, -0.1) is 0 Å². The Morgan fingerprint density at radius 3 is 0.647 bits per heavy atom. The SMILES string of the molecule is CC[N+]1(CCC2(CC[N+]3(CC)CCCC3)CCCC2)CCCC1.CC[N+]1(CCC2(CC[N+]3(CC)CCCC3)CCCC2)CCCC1.[I-].[I-].[OH-].[OH-].[OH-]. The minimum atomic E-state index is 0. The van der Waals surface area contributed by atoms with E-state index < -0.39 is 0 Å². The van der Waals surface area contributed by atoms with E-state index in [1.807, 2.05) is 0 Å². The molecule has 0 aromatic rings. The summed E-state index contributed by atoms with van der Waals surface area (Å²) in [6, 6.07) is 0. The summed E-state index contributed by atoms with van der Waals surface area (Å²) in [6.45, 7) is 33.0. The van der Waals surface area contributed by atoms with Gasteiger partial charge in [-0.2, -0.15) is 0 Å². The first-order chi connectivity index (χ1) is 22.3. The van der Waals surface area contributed by atoms with Crippen molar-refractivity contribution >= 4 is 0 Å². The monoisotopic (exact) mass is 949 g/mol. The summed E-state index contributed by atoms with van der Waals surface area (Å²) in [5.41, 5.74) is 1.46. The van der Waals surface area contributed by atoms with Crippen molar-refractivity contribution in [3.8, 4) is 0 Å². The van der Waals surface area contributed by atoms with Crippen LogP contribution in [0, 0.1) is 10.8 Å². The number of rotatable bonds is 16. The fourth-order valence-corrected chi connectivity index (χ4v) is 12.2. The third-order valence-corrected chi connectivity index (χ3v) is 16.5. The summed E-state index contributed by atoms with van der Waals surface area (Å²) in [5.74, 6) is 0. The van der Waals surface area contributed by atoms with Crippen molar-refractivity contribution in [2.45, 2.75) is 156 Å². The Hall–Kier alpha value is 1.18. The highest BCUT2D eigenvalue weighted by molar-refractivity contribution is 4.86. The van der Waals surface area contributed by atoms with Crippen molar-refractivity contribution in [3.63, 3.8) is 0 Å². The molecule has 0 spiro atoms. The van der Waals surface area contributed by atoms with Gasteiger partial charge in [0.15, 0.2) is 0 Å². The Balaban J connectivity index is 0.000000893. The summed E-state index contributed by atoms with van der Waals surface area (Å²) < 4.78 is 5.82. The van der Waals surface area contributed by atoms with Crippen LogP contribution in [0.3, 0.4) is 0 Å². The van der Waals surface area contributed by atoms with E-state index in [-0.39, 0.29) is 64.4 Å². The predicted octanol–water partition coefficient (Wildman–Crippen LogP) is 2.65. The summed E-state index contributed by atoms with van der Waals surface area (Å²) in [5, 5.41) is 0. The number of quaternary nitrogens is 4. The molecular weight excluding hydrogens is 862 g/mol. The van der Waals surface area contributed by atoms with Crippen molar-refractivity contribution in [1.29, 1.82) is 0 Å². The summed E-state index contributed by atoms with van der Waals surface area (Å²) in [6.07, 6.45) is 30.2. The maximum Gasteiger partial charge on any atom is 0.0791 e. The van der Waals surface area contributed by atoms with E-state index in [9.17, 15) is 0 Å². The molecule has 0 aromatic carbocycles. The van der Waals surface area contributed by atoms with Crippen molar-refractivity contribution < 1.29 is 82.3 Å². The minimum absolute atomic E-state index is 0. The van der Waals surface area contributed by atoms with E-state index in [1.54, 1.807) is 25.7 Å². The van der Waals surface area contributed by atoms with Gasteiger partial charge in [0.1, 0.15) is 0 Å². The molecule has 6 rings (SSSR count). The summed E-state index contributed by atoms with van der Waals surface area (Å²) in [4.78, 5) is 0. The molecule has 7 nitrogen and oxygen atoms in total. The van der Waals surface area contributed by atoms with E-state index in [1.165, 1.54) is 225 Å². The van der Waals surface area contributed by atoms with Gasteiger partial charge < -0.3 is 82.3 Å². The van der Waals surface area contributed by atoms with Crippen LogP contribution in [0.25, 0.3) is 0 Å². The maximum atomic E-state index is 2.44. The van der Waals surface area contributed by atoms with Crippen molar-refractivity contribution in [1.82, 2.24) is 0 Å². The molecule has 6 aliphatic rings. The van der Waals surface area contributed by atoms with Gasteiger partial charge >= 0.3 is 0 Å². The second kappa shape index (κ2) is 24.1. The second-order valence-corrected chi connectivity index (χ2v) is 18.6. The van der Waals surface area contributed by atoms with E-state index >= 15 is 0 Å². The van der Waals surface area contributed by atoms with Gasteiger partial charge in [-0.3, -0.25) is 0 Å². The van der Waals surface area contributed by atoms with Crippen LogP contribution in [0.1, 0.15) is 156 Å². The lowest BCUT2D eigenvalue weighted by molar-refractivity contribution is -0.918. The number of hydrogen-bond acceptors (Lipinski definition) is 3. The van der Waals surface area contributed by atoms with Gasteiger partial charge in [-0.25, -0.2) is 0 Å². The Kier molecular flexibility index (Phi) is 24.6. The third kappa shape index (κ3) is 13.7. The van der Waals surface area contributed by atoms with Crippen LogP contribution >= 0.6 is 0 Å². The van der Waals surface area contributed by atoms with Crippen LogP contribution in [-0.4, -0.2) is 139 Å². The molecule has 9 heteroatoms. The Bertz CT molecular complexity index is 757. The number of halogens is 2. The predicted molar refractivity (Wildman–Crippen MR) is 205 cm³/mol. The molecular formula is C42H87I2N4O3-. The van der Waals surface area contributed by atoms with Crippen LogP contribution in [0.4, 0.5) is 0 Å². The van der Waals surface area contributed by atoms with E-state index in [4.69, 9.17) is 0 Å². The molecule has 0 atom stereocenters. The minimum Gasteiger partial charge on any atom is -1.00 e. The summed E-state index contributed by atoms with van der Waals surface area (Å²) >= 11 is 0. The van der Waals surface area contributed by atoms with Crippen LogP contribution in [-0.2, 0) is 0 Å². The van der Waals surface area contributed by atoms with Gasteiger partial charge in [0.25, 0.3) is 0 Å². The van der Waals surface area contributed by atoms with E-state index in [0.29, 0.717) is 0 Å². The molecule has 0 radical (unpaired) electrons. The van der Waals surface area contributed by atoms with Gasteiger partial charge in [-0.1, -0.05) is 25.7 Å². The molecule has 4 aliphatic heterocycles. The normalized spacial score (nSPS) is 25.6. The topological polar surface area (TPSA) is 90.0 Å². The van der Waals surface area contributed by atoms with E-state index in [0.717, 1.165) is 10.8 Å². The van der Waals surface area contributed by atoms with Crippen molar-refractivity contribution in [3.05, 3.63) is 0 Å². The standard InChI is InChI=1S/2C21H42N2.2HI.3H2O/c2*1-3-22(15-7-8-16-22)19-13-21(11-5-6-12-21)14-20-23(4-2)17-9-10-18-23;;;;;/h2*3-20H2,1-2H3;2*1H;3*1H2/q2*+2;;;;;/p-5. The van der Waals surface area contributed by atoms with Crippen LogP contribution in [0.2, 0.25) is 0 Å². The number of likely N-dealkylation sites (tertiary alicyclic amines) is 4. The lowest BCUT2D eigenvalue weighted by atomic mass is 9.78. The third-order valence-electron chi connectivity index (χ3n) is 16.5. The molecule has 0 aromatic heterocycles. The highest BCUT2D eigenvalue weighted by atomic mass is 127. The largest absolute Gasteiger partial charge is 1.00 e. The molecule has 4 heterocycles. The highest BCUT2D eigenvalue weighted by Crippen LogP contribution is 2.47. The molecule has 2 saturated carbocycles. The molecule has 2 aliphatic carbocycles. The van der Waals surface area contributed by atoms with E-state index in [2.05, 4.69) is 27.7 Å². The fourth-order valence-electron chi connectivity index (χ4n) is 12.2. The molecule has 51 heavy (non-hydrogen) atoms. The molecule has 0 amide bonds. The first kappa shape index (κ1) is 52.2. The van der Waals surface area contributed by atoms with Crippen molar-refractivity contribution in [2.75, 3.05) is 105 Å². The van der Waals surface area contributed by atoms with Gasteiger partial charge in [0, 0.05) is 77.0 Å². The fraction of sp³-hybridized carbons (Fsp3) is 1.00. The Morgan fingerprint density at radius 2 is 0.490 bits per heavy atom. The lowest BCUT2D eigenvalue weighted by Gasteiger charge is -2.40. The zero-order chi connectivity index (χ0) is 32.5.